The van der Waals surface area contributed by atoms with Crippen LogP contribution in [-0.2, 0) is 6.42 Å². The zero-order chi connectivity index (χ0) is 18.9. The first-order valence-electron chi connectivity index (χ1n) is 9.03. The number of aromatic nitrogens is 4. The Bertz CT molecular complexity index is 725. The van der Waals surface area contributed by atoms with Crippen LogP contribution in [0.3, 0.4) is 0 Å². The summed E-state index contributed by atoms with van der Waals surface area (Å²) < 4.78 is 0. The van der Waals surface area contributed by atoms with Gasteiger partial charge in [-0.3, -0.25) is 0 Å². The SMILES string of the molecule is O=C1NC[C@H](/C=C/C(O)Cc2ccccc2)N1CCCCSc1nn[nH]n1. The lowest BCUT2D eigenvalue weighted by atomic mass is 10.1. The van der Waals surface area contributed by atoms with Gasteiger partial charge in [0.05, 0.1) is 12.1 Å². The second kappa shape index (κ2) is 10.1. The first kappa shape index (κ1) is 19.4. The molecule has 1 aliphatic heterocycles. The zero-order valence-corrected chi connectivity index (χ0v) is 15.8. The van der Waals surface area contributed by atoms with Crippen molar-refractivity contribution in [2.75, 3.05) is 18.8 Å². The molecular weight excluding hydrogens is 364 g/mol. The van der Waals surface area contributed by atoms with Gasteiger partial charge in [-0.1, -0.05) is 54.2 Å². The van der Waals surface area contributed by atoms with Crippen molar-refractivity contribution in [1.29, 1.82) is 0 Å². The number of benzene rings is 1. The van der Waals surface area contributed by atoms with Crippen molar-refractivity contribution in [3.8, 4) is 0 Å². The lowest BCUT2D eigenvalue weighted by molar-refractivity contribution is 0.207. The highest BCUT2D eigenvalue weighted by atomic mass is 32.2. The Kier molecular flexibility index (Phi) is 7.23. The minimum Gasteiger partial charge on any atom is -0.389 e. The van der Waals surface area contributed by atoms with E-state index in [-0.39, 0.29) is 12.1 Å². The molecule has 0 bridgehead atoms. The van der Waals surface area contributed by atoms with E-state index in [0.29, 0.717) is 24.7 Å². The molecule has 3 N–H and O–H groups in total. The Labute approximate surface area is 162 Å². The molecule has 2 amide bonds. The van der Waals surface area contributed by atoms with Crippen molar-refractivity contribution < 1.29 is 9.90 Å². The molecule has 1 aliphatic rings. The van der Waals surface area contributed by atoms with E-state index >= 15 is 0 Å². The number of carbonyl (C=O) groups is 1. The minimum atomic E-state index is -0.559. The Hall–Kier alpha value is -2.39. The largest absolute Gasteiger partial charge is 0.389 e. The van der Waals surface area contributed by atoms with Gasteiger partial charge in [-0.2, -0.15) is 5.21 Å². The molecule has 0 aliphatic carbocycles. The van der Waals surface area contributed by atoms with Crippen LogP contribution >= 0.6 is 11.8 Å². The maximum atomic E-state index is 12.1. The lowest BCUT2D eigenvalue weighted by Gasteiger charge is -2.20. The minimum absolute atomic E-state index is 0.0206. The number of unbranched alkanes of at least 4 members (excludes halogenated alkanes) is 1. The number of aliphatic hydroxyl groups is 1. The zero-order valence-electron chi connectivity index (χ0n) is 15.0. The number of urea groups is 1. The Morgan fingerprint density at radius 1 is 1.33 bits per heavy atom. The molecule has 1 aromatic heterocycles. The normalized spacial score (nSPS) is 18.2. The quantitative estimate of drug-likeness (QED) is 0.324. The predicted molar refractivity (Wildman–Crippen MR) is 103 cm³/mol. The third-order valence-electron chi connectivity index (χ3n) is 4.32. The summed E-state index contributed by atoms with van der Waals surface area (Å²) in [6.45, 7) is 1.26. The van der Waals surface area contributed by atoms with Gasteiger partial charge in [0.1, 0.15) is 0 Å². The topological polar surface area (TPSA) is 107 Å². The average Bonchev–Trinajstić information content (AvgIpc) is 3.31. The molecule has 0 saturated carbocycles. The van der Waals surface area contributed by atoms with Gasteiger partial charge in [-0.25, -0.2) is 4.79 Å². The van der Waals surface area contributed by atoms with Crippen LogP contribution < -0.4 is 5.32 Å². The predicted octanol–water partition coefficient (Wildman–Crippen LogP) is 1.63. The first-order chi connectivity index (χ1) is 13.2. The van der Waals surface area contributed by atoms with E-state index in [4.69, 9.17) is 0 Å². The molecule has 144 valence electrons. The van der Waals surface area contributed by atoms with E-state index in [1.165, 1.54) is 0 Å². The number of nitrogens with one attached hydrogen (secondary N) is 2. The average molecular weight is 388 g/mol. The van der Waals surface area contributed by atoms with E-state index in [1.54, 1.807) is 17.8 Å². The van der Waals surface area contributed by atoms with E-state index in [0.717, 1.165) is 24.2 Å². The van der Waals surface area contributed by atoms with Gasteiger partial charge in [0, 0.05) is 25.3 Å². The van der Waals surface area contributed by atoms with Gasteiger partial charge < -0.3 is 15.3 Å². The molecule has 1 aromatic carbocycles. The fraction of sp³-hybridized carbons (Fsp3) is 0.444. The van der Waals surface area contributed by atoms with E-state index in [1.807, 2.05) is 41.3 Å². The Morgan fingerprint density at radius 2 is 2.19 bits per heavy atom. The van der Waals surface area contributed by atoms with Gasteiger partial charge in [0.2, 0.25) is 5.16 Å². The van der Waals surface area contributed by atoms with Crippen molar-refractivity contribution >= 4 is 17.8 Å². The summed E-state index contributed by atoms with van der Waals surface area (Å²) in [5.74, 6) is 0.880. The monoisotopic (exact) mass is 388 g/mol. The number of aromatic amines is 1. The summed E-state index contributed by atoms with van der Waals surface area (Å²) in [6, 6.07) is 9.81. The fourth-order valence-electron chi connectivity index (χ4n) is 2.94. The number of amides is 2. The second-order valence-corrected chi connectivity index (χ2v) is 7.40. The molecule has 0 spiro atoms. The summed E-state index contributed by atoms with van der Waals surface area (Å²) in [7, 11) is 0. The molecular formula is C18H24N6O2S. The number of aliphatic hydroxyl groups excluding tert-OH is 1. The van der Waals surface area contributed by atoms with Gasteiger partial charge in [0.15, 0.2) is 0 Å². The molecule has 2 aromatic rings. The lowest BCUT2D eigenvalue weighted by Crippen LogP contribution is -2.34. The summed E-state index contributed by atoms with van der Waals surface area (Å²) in [5, 5.41) is 27.5. The third-order valence-corrected chi connectivity index (χ3v) is 5.24. The van der Waals surface area contributed by atoms with Gasteiger partial charge in [-0.05, 0) is 23.6 Å². The second-order valence-electron chi connectivity index (χ2n) is 6.34. The number of carbonyl (C=O) groups excluding carboxylic acids is 1. The Balaban J connectivity index is 1.41. The molecule has 9 heteroatoms. The van der Waals surface area contributed by atoms with Crippen LogP contribution in [0.1, 0.15) is 18.4 Å². The molecule has 2 atom stereocenters. The maximum Gasteiger partial charge on any atom is 0.318 e. The maximum absolute atomic E-state index is 12.1. The standard InChI is InChI=1S/C18H24N6O2S/c25-16(12-14-6-2-1-3-7-14)9-8-15-13-19-18(26)24(15)10-4-5-11-27-17-20-22-23-21-17/h1-3,6-9,15-16,25H,4-5,10-13H2,(H,19,26)(H,20,21,22,23)/b9-8+/t15-,16?/m0/s1. The van der Waals surface area contributed by atoms with Gasteiger partial charge >= 0.3 is 6.03 Å². The van der Waals surface area contributed by atoms with Crippen LogP contribution in [0.4, 0.5) is 4.79 Å². The van der Waals surface area contributed by atoms with E-state index in [9.17, 15) is 9.90 Å². The summed E-state index contributed by atoms with van der Waals surface area (Å²) in [5.41, 5.74) is 1.09. The first-order valence-corrected chi connectivity index (χ1v) is 10.0. The van der Waals surface area contributed by atoms with Gasteiger partial charge in [0.25, 0.3) is 0 Å². The number of tetrazole rings is 1. The van der Waals surface area contributed by atoms with Crippen LogP contribution in [0, 0.1) is 0 Å². The molecule has 1 fully saturated rings. The van der Waals surface area contributed by atoms with E-state index < -0.39 is 6.10 Å². The van der Waals surface area contributed by atoms with E-state index in [2.05, 4.69) is 25.9 Å². The van der Waals surface area contributed by atoms with Crippen LogP contribution in [0.25, 0.3) is 0 Å². The van der Waals surface area contributed by atoms with Crippen LogP contribution in [0.15, 0.2) is 47.6 Å². The van der Waals surface area contributed by atoms with Crippen molar-refractivity contribution in [1.82, 2.24) is 30.8 Å². The van der Waals surface area contributed by atoms with Crippen LogP contribution in [0.2, 0.25) is 0 Å². The number of hydrogen-bond donors (Lipinski definition) is 3. The number of nitrogens with zero attached hydrogens (tertiary/aromatic N) is 4. The number of hydrogen-bond acceptors (Lipinski definition) is 6. The molecule has 3 rings (SSSR count). The van der Waals surface area contributed by atoms with Crippen molar-refractivity contribution in [2.24, 2.45) is 0 Å². The molecule has 27 heavy (non-hydrogen) atoms. The molecule has 0 radical (unpaired) electrons. The number of thioether (sulfide) groups is 1. The van der Waals surface area contributed by atoms with Crippen LogP contribution in [0.5, 0.6) is 0 Å². The highest BCUT2D eigenvalue weighted by Crippen LogP contribution is 2.15. The summed E-state index contributed by atoms with van der Waals surface area (Å²) >= 11 is 1.54. The smallest absolute Gasteiger partial charge is 0.318 e. The number of H-pyrrole nitrogens is 1. The van der Waals surface area contributed by atoms with Gasteiger partial charge in [-0.15, -0.1) is 10.2 Å². The summed E-state index contributed by atoms with van der Waals surface area (Å²) in [6.07, 6.45) is 5.58. The van der Waals surface area contributed by atoms with Crippen molar-refractivity contribution in [2.45, 2.75) is 36.6 Å². The summed E-state index contributed by atoms with van der Waals surface area (Å²) in [4.78, 5) is 13.9. The fourth-order valence-corrected chi connectivity index (χ4v) is 3.67. The van der Waals surface area contributed by atoms with Crippen LogP contribution in [-0.4, -0.2) is 67.6 Å². The molecule has 2 heterocycles. The van der Waals surface area contributed by atoms with Crippen molar-refractivity contribution in [3.05, 3.63) is 48.0 Å². The highest BCUT2D eigenvalue weighted by Gasteiger charge is 2.28. The molecule has 1 unspecified atom stereocenters. The molecule has 8 nitrogen and oxygen atoms in total. The molecule has 1 saturated heterocycles. The number of rotatable bonds is 10. The third kappa shape index (κ3) is 6.07. The highest BCUT2D eigenvalue weighted by molar-refractivity contribution is 7.99. The van der Waals surface area contributed by atoms with Crippen molar-refractivity contribution in [3.63, 3.8) is 0 Å². The Morgan fingerprint density at radius 3 is 2.96 bits per heavy atom.